The Hall–Kier alpha value is -3.02. The Morgan fingerprint density at radius 3 is 2.38 bits per heavy atom. The summed E-state index contributed by atoms with van der Waals surface area (Å²) in [5.41, 5.74) is 2.81. The minimum atomic E-state index is -1.57. The molecule has 3 rings (SSSR count). The van der Waals surface area contributed by atoms with Gasteiger partial charge in [-0.25, -0.2) is 13.2 Å². The fourth-order valence-corrected chi connectivity index (χ4v) is 2.95. The Labute approximate surface area is 149 Å². The predicted octanol–water partition coefficient (Wildman–Crippen LogP) is 4.81. The van der Waals surface area contributed by atoms with Gasteiger partial charge in [0.25, 0.3) is 0 Å². The van der Waals surface area contributed by atoms with Gasteiger partial charge in [-0.1, -0.05) is 18.2 Å². The molecule has 2 aromatic carbocycles. The first-order valence-corrected chi connectivity index (χ1v) is 8.05. The van der Waals surface area contributed by atoms with Crippen LogP contribution in [-0.4, -0.2) is 16.9 Å². The Morgan fingerprint density at radius 2 is 1.69 bits per heavy atom. The van der Waals surface area contributed by atoms with Crippen molar-refractivity contribution in [2.45, 2.75) is 13.8 Å². The predicted molar refractivity (Wildman–Crippen MR) is 94.4 cm³/mol. The van der Waals surface area contributed by atoms with Crippen LogP contribution in [0.3, 0.4) is 0 Å². The van der Waals surface area contributed by atoms with Gasteiger partial charge in [0, 0.05) is 22.6 Å². The van der Waals surface area contributed by atoms with Crippen LogP contribution in [0.5, 0.6) is 0 Å². The number of nitrogens with zero attached hydrogens (tertiary/aromatic N) is 1. The highest BCUT2D eigenvalue weighted by Crippen LogP contribution is 2.22. The maximum atomic E-state index is 13.7. The summed E-state index contributed by atoms with van der Waals surface area (Å²) in [7, 11) is 0. The highest BCUT2D eigenvalue weighted by molar-refractivity contribution is 6.00. The van der Waals surface area contributed by atoms with E-state index in [9.17, 15) is 18.0 Å². The highest BCUT2D eigenvalue weighted by Gasteiger charge is 2.18. The molecule has 0 unspecified atom stereocenters. The maximum Gasteiger partial charge on any atom is 0.196 e. The first-order chi connectivity index (χ1) is 12.4. The van der Waals surface area contributed by atoms with E-state index in [4.69, 9.17) is 0 Å². The van der Waals surface area contributed by atoms with E-state index in [0.717, 1.165) is 29.2 Å². The Balaban J connectivity index is 1.82. The summed E-state index contributed by atoms with van der Waals surface area (Å²) in [4.78, 5) is 12.5. The molecule has 0 aliphatic heterocycles. The minimum Gasteiger partial charge on any atom is -0.375 e. The monoisotopic (exact) mass is 358 g/mol. The van der Waals surface area contributed by atoms with Crippen LogP contribution in [0.25, 0.3) is 5.69 Å². The Kier molecular flexibility index (Phi) is 4.84. The van der Waals surface area contributed by atoms with E-state index in [1.54, 1.807) is 6.07 Å². The number of benzene rings is 2. The zero-order chi connectivity index (χ0) is 18.8. The van der Waals surface area contributed by atoms with Crippen LogP contribution >= 0.6 is 0 Å². The van der Waals surface area contributed by atoms with Crippen LogP contribution < -0.4 is 5.32 Å². The fourth-order valence-electron chi connectivity index (χ4n) is 2.95. The average molecular weight is 358 g/mol. The molecular weight excluding hydrogens is 341 g/mol. The van der Waals surface area contributed by atoms with Crippen LogP contribution in [0.4, 0.5) is 18.9 Å². The van der Waals surface area contributed by atoms with Gasteiger partial charge in [0.15, 0.2) is 23.2 Å². The number of ketones is 1. The molecule has 3 aromatic rings. The summed E-state index contributed by atoms with van der Waals surface area (Å²) in [6, 6.07) is 13.2. The normalized spacial score (nSPS) is 10.8. The summed E-state index contributed by atoms with van der Waals surface area (Å²) in [5.74, 6) is -4.45. The number of nitrogens with one attached hydrogen (secondary N) is 1. The number of anilines is 1. The number of para-hydroxylation sites is 1. The van der Waals surface area contributed by atoms with Crippen molar-refractivity contribution in [1.29, 1.82) is 0 Å². The third-order valence-electron chi connectivity index (χ3n) is 4.22. The molecule has 0 radical (unpaired) electrons. The maximum absolute atomic E-state index is 13.7. The minimum absolute atomic E-state index is 0.235. The quantitative estimate of drug-likeness (QED) is 0.525. The van der Waals surface area contributed by atoms with Crippen molar-refractivity contribution in [1.82, 2.24) is 4.57 Å². The molecular formula is C20H17F3N2O. The van der Waals surface area contributed by atoms with Crippen molar-refractivity contribution in [3.8, 4) is 5.69 Å². The lowest BCUT2D eigenvalue weighted by Crippen LogP contribution is -2.16. The largest absolute Gasteiger partial charge is 0.375 e. The fraction of sp³-hybridized carbons (Fsp3) is 0.150. The van der Waals surface area contributed by atoms with E-state index < -0.39 is 17.5 Å². The number of hydrogen-bond donors (Lipinski definition) is 1. The van der Waals surface area contributed by atoms with Crippen LogP contribution in [0.1, 0.15) is 21.7 Å². The molecule has 0 saturated heterocycles. The molecule has 3 nitrogen and oxygen atoms in total. The second kappa shape index (κ2) is 7.07. The molecule has 0 bridgehead atoms. The van der Waals surface area contributed by atoms with Crippen molar-refractivity contribution < 1.29 is 18.0 Å². The molecule has 0 aliphatic carbocycles. The first-order valence-electron chi connectivity index (χ1n) is 8.05. The molecule has 1 heterocycles. The van der Waals surface area contributed by atoms with E-state index in [2.05, 4.69) is 5.32 Å². The molecule has 6 heteroatoms. The molecule has 1 aromatic heterocycles. The number of aryl methyl sites for hydroxylation is 1. The average Bonchev–Trinajstić information content (AvgIpc) is 2.94. The lowest BCUT2D eigenvalue weighted by molar-refractivity contribution is 0.101. The molecule has 0 saturated carbocycles. The van der Waals surface area contributed by atoms with E-state index >= 15 is 0 Å². The summed E-state index contributed by atoms with van der Waals surface area (Å²) in [6.45, 7) is 3.48. The number of carbonyl (C=O) groups is 1. The van der Waals surface area contributed by atoms with Gasteiger partial charge in [-0.2, -0.15) is 0 Å². The SMILES string of the molecule is Cc1cc(C(=O)CNc2ccc(F)c(F)c2F)c(C)n1-c1ccccc1. The second-order valence-corrected chi connectivity index (χ2v) is 5.96. The number of aromatic nitrogens is 1. The standard InChI is InChI=1S/C20H17F3N2O/c1-12-10-15(13(2)25(12)14-6-4-3-5-7-14)18(26)11-24-17-9-8-16(21)19(22)20(17)23/h3-10,24H,11H2,1-2H3. The summed E-state index contributed by atoms with van der Waals surface area (Å²) < 4.78 is 41.9. The topological polar surface area (TPSA) is 34.0 Å². The van der Waals surface area contributed by atoms with Gasteiger partial charge in [0.05, 0.1) is 12.2 Å². The third kappa shape index (κ3) is 3.22. The van der Waals surface area contributed by atoms with Crippen molar-refractivity contribution in [2.75, 3.05) is 11.9 Å². The third-order valence-corrected chi connectivity index (χ3v) is 4.22. The number of rotatable bonds is 5. The molecule has 1 N–H and O–H groups in total. The lowest BCUT2D eigenvalue weighted by atomic mass is 10.1. The molecule has 0 fully saturated rings. The smallest absolute Gasteiger partial charge is 0.196 e. The number of halogens is 3. The van der Waals surface area contributed by atoms with E-state index in [1.165, 1.54) is 0 Å². The van der Waals surface area contributed by atoms with E-state index in [1.807, 2.05) is 48.7 Å². The molecule has 26 heavy (non-hydrogen) atoms. The van der Waals surface area contributed by atoms with Crippen LogP contribution in [0.15, 0.2) is 48.5 Å². The zero-order valence-electron chi connectivity index (χ0n) is 14.3. The van der Waals surface area contributed by atoms with Gasteiger partial charge in [0.2, 0.25) is 0 Å². The summed E-state index contributed by atoms with van der Waals surface area (Å²) >= 11 is 0. The van der Waals surface area contributed by atoms with Crippen LogP contribution in [0, 0.1) is 31.3 Å². The van der Waals surface area contributed by atoms with Crippen LogP contribution in [0.2, 0.25) is 0 Å². The van der Waals surface area contributed by atoms with Gasteiger partial charge >= 0.3 is 0 Å². The molecule has 0 amide bonds. The molecule has 0 atom stereocenters. The highest BCUT2D eigenvalue weighted by atomic mass is 19.2. The van der Waals surface area contributed by atoms with Gasteiger partial charge in [-0.05, 0) is 44.2 Å². The van der Waals surface area contributed by atoms with Crippen LogP contribution in [-0.2, 0) is 0 Å². The van der Waals surface area contributed by atoms with Gasteiger partial charge in [-0.3, -0.25) is 4.79 Å². The number of Topliss-reactive ketones (excluding diaryl/α,β-unsaturated/α-hetero) is 1. The van der Waals surface area contributed by atoms with Gasteiger partial charge < -0.3 is 9.88 Å². The van der Waals surface area contributed by atoms with Crippen molar-refractivity contribution in [3.63, 3.8) is 0 Å². The first kappa shape index (κ1) is 17.8. The number of carbonyl (C=O) groups excluding carboxylic acids is 1. The molecule has 0 spiro atoms. The molecule has 134 valence electrons. The van der Waals surface area contributed by atoms with E-state index in [-0.39, 0.29) is 18.0 Å². The Morgan fingerprint density at radius 1 is 1.00 bits per heavy atom. The summed E-state index contributed by atoms with van der Waals surface area (Å²) in [5, 5.41) is 2.53. The van der Waals surface area contributed by atoms with Crippen molar-refractivity contribution in [2.24, 2.45) is 0 Å². The van der Waals surface area contributed by atoms with Gasteiger partial charge in [-0.15, -0.1) is 0 Å². The van der Waals surface area contributed by atoms with E-state index in [0.29, 0.717) is 5.56 Å². The Bertz CT molecular complexity index is 965. The molecule has 0 aliphatic rings. The zero-order valence-corrected chi connectivity index (χ0v) is 14.3. The number of hydrogen-bond acceptors (Lipinski definition) is 2. The van der Waals surface area contributed by atoms with Gasteiger partial charge in [0.1, 0.15) is 0 Å². The summed E-state index contributed by atoms with van der Waals surface area (Å²) in [6.07, 6.45) is 0. The second-order valence-electron chi connectivity index (χ2n) is 5.96. The van der Waals surface area contributed by atoms with Crippen molar-refractivity contribution >= 4 is 11.5 Å². The lowest BCUT2D eigenvalue weighted by Gasteiger charge is -2.10. The van der Waals surface area contributed by atoms with Crippen molar-refractivity contribution in [3.05, 3.63) is 82.9 Å².